The number of hydrogen-bond acceptors (Lipinski definition) is 4. The first kappa shape index (κ1) is 12.9. The molecule has 1 atom stereocenters. The molecular weight excluding hydrogens is 230 g/mol. The monoisotopic (exact) mass is 251 g/mol. The summed E-state index contributed by atoms with van der Waals surface area (Å²) in [6.07, 6.45) is 3.01. The summed E-state index contributed by atoms with van der Waals surface area (Å²) < 4.78 is 1.68. The summed E-state index contributed by atoms with van der Waals surface area (Å²) in [6, 6.07) is 0.409. The van der Waals surface area contributed by atoms with Crippen molar-refractivity contribution in [3.63, 3.8) is 0 Å². The zero-order chi connectivity index (χ0) is 13.3. The molecule has 0 aromatic carbocycles. The lowest BCUT2D eigenvalue weighted by Gasteiger charge is -2.19. The van der Waals surface area contributed by atoms with E-state index in [0.717, 1.165) is 18.7 Å². The number of nitrogens with zero attached hydrogens (tertiary/aromatic N) is 3. The molecule has 0 unspecified atom stereocenters. The van der Waals surface area contributed by atoms with Crippen LogP contribution in [-0.4, -0.2) is 40.2 Å². The number of carbonyl (C=O) groups is 1. The number of likely N-dealkylation sites (N-methyl/N-ethyl adjacent to an activating group) is 1. The van der Waals surface area contributed by atoms with Crippen molar-refractivity contribution in [2.45, 2.75) is 38.8 Å². The zero-order valence-electron chi connectivity index (χ0n) is 11.0. The summed E-state index contributed by atoms with van der Waals surface area (Å²) in [5, 5.41) is 4.41. The van der Waals surface area contributed by atoms with Gasteiger partial charge in [-0.25, -0.2) is 0 Å². The van der Waals surface area contributed by atoms with Gasteiger partial charge in [0.1, 0.15) is 5.69 Å². The maximum absolute atomic E-state index is 11.5. The van der Waals surface area contributed by atoms with Gasteiger partial charge in [-0.2, -0.15) is 5.10 Å². The average molecular weight is 251 g/mol. The smallest absolute Gasteiger partial charge is 0.269 e. The molecule has 1 amide bonds. The molecule has 0 saturated carbocycles. The third-order valence-corrected chi connectivity index (χ3v) is 3.69. The Labute approximate surface area is 107 Å². The van der Waals surface area contributed by atoms with E-state index in [0.29, 0.717) is 30.4 Å². The van der Waals surface area contributed by atoms with Gasteiger partial charge >= 0.3 is 0 Å². The highest BCUT2D eigenvalue weighted by Crippen LogP contribution is 2.21. The third kappa shape index (κ3) is 2.20. The van der Waals surface area contributed by atoms with Gasteiger partial charge in [0, 0.05) is 6.04 Å². The van der Waals surface area contributed by atoms with E-state index in [1.54, 1.807) is 4.68 Å². The molecule has 2 heterocycles. The number of amides is 1. The predicted molar refractivity (Wildman–Crippen MR) is 70.2 cm³/mol. The van der Waals surface area contributed by atoms with Crippen LogP contribution in [0.15, 0.2) is 0 Å². The first-order valence-corrected chi connectivity index (χ1v) is 6.39. The number of likely N-dealkylation sites (tertiary alicyclic amines) is 1. The van der Waals surface area contributed by atoms with Crippen LogP contribution < -0.4 is 11.5 Å². The van der Waals surface area contributed by atoms with Gasteiger partial charge in [0.2, 0.25) is 0 Å². The van der Waals surface area contributed by atoms with Crippen molar-refractivity contribution in [3.05, 3.63) is 11.4 Å². The molecule has 1 saturated heterocycles. The van der Waals surface area contributed by atoms with Gasteiger partial charge in [-0.15, -0.1) is 0 Å². The summed E-state index contributed by atoms with van der Waals surface area (Å²) in [7, 11) is 2.09. The van der Waals surface area contributed by atoms with Crippen LogP contribution in [0.4, 0.5) is 5.69 Å². The van der Waals surface area contributed by atoms with Crippen molar-refractivity contribution in [3.8, 4) is 0 Å². The van der Waals surface area contributed by atoms with Crippen molar-refractivity contribution in [2.24, 2.45) is 5.73 Å². The highest BCUT2D eigenvalue weighted by molar-refractivity contribution is 5.96. The van der Waals surface area contributed by atoms with E-state index in [-0.39, 0.29) is 0 Å². The van der Waals surface area contributed by atoms with Crippen molar-refractivity contribution in [1.29, 1.82) is 0 Å². The number of aromatic nitrogens is 2. The molecule has 4 N–H and O–H groups in total. The molecule has 0 bridgehead atoms. The van der Waals surface area contributed by atoms with Crippen LogP contribution in [0.1, 0.15) is 35.9 Å². The van der Waals surface area contributed by atoms with E-state index in [4.69, 9.17) is 11.5 Å². The Balaban J connectivity index is 2.29. The van der Waals surface area contributed by atoms with Gasteiger partial charge < -0.3 is 16.4 Å². The minimum atomic E-state index is -0.500. The molecule has 0 radical (unpaired) electrons. The maximum Gasteiger partial charge on any atom is 0.269 e. The summed E-state index contributed by atoms with van der Waals surface area (Å²) in [5.74, 6) is -0.500. The van der Waals surface area contributed by atoms with E-state index in [2.05, 4.69) is 17.0 Å². The summed E-state index contributed by atoms with van der Waals surface area (Å²) in [4.78, 5) is 13.8. The molecule has 1 aromatic rings. The first-order chi connectivity index (χ1) is 8.54. The highest BCUT2D eigenvalue weighted by atomic mass is 16.1. The highest BCUT2D eigenvalue weighted by Gasteiger charge is 2.25. The molecular formula is C12H21N5O. The van der Waals surface area contributed by atoms with Crippen LogP contribution >= 0.6 is 0 Å². The zero-order valence-corrected chi connectivity index (χ0v) is 11.0. The van der Waals surface area contributed by atoms with Gasteiger partial charge in [0.05, 0.1) is 17.9 Å². The number of aryl methyl sites for hydroxylation is 1. The number of nitrogens with two attached hydrogens (primary N) is 2. The molecule has 6 nitrogen and oxygen atoms in total. The Morgan fingerprint density at radius 2 is 2.28 bits per heavy atom. The number of rotatable bonds is 4. The van der Waals surface area contributed by atoms with Crippen molar-refractivity contribution >= 4 is 11.6 Å². The number of carbonyl (C=O) groups excluding carboxylic acids is 1. The van der Waals surface area contributed by atoms with Crippen molar-refractivity contribution < 1.29 is 4.79 Å². The topological polar surface area (TPSA) is 90.2 Å². The number of hydrogen-bond donors (Lipinski definition) is 2. The van der Waals surface area contributed by atoms with Crippen LogP contribution in [-0.2, 0) is 13.0 Å². The Morgan fingerprint density at radius 3 is 2.78 bits per heavy atom. The number of primary amides is 1. The lowest BCUT2D eigenvalue weighted by atomic mass is 10.2. The quantitative estimate of drug-likeness (QED) is 0.801. The molecule has 2 rings (SSSR count). The molecule has 1 fully saturated rings. The Bertz CT molecular complexity index is 454. The third-order valence-electron chi connectivity index (χ3n) is 3.69. The van der Waals surface area contributed by atoms with Crippen molar-refractivity contribution in [1.82, 2.24) is 14.7 Å². The van der Waals surface area contributed by atoms with Gasteiger partial charge in [0.25, 0.3) is 5.91 Å². The maximum atomic E-state index is 11.5. The second-order valence-electron chi connectivity index (χ2n) is 4.89. The fourth-order valence-corrected chi connectivity index (χ4v) is 2.59. The molecule has 0 spiro atoms. The summed E-state index contributed by atoms with van der Waals surface area (Å²) >= 11 is 0. The standard InChI is InChI=1S/C12H21N5O/c1-3-9-10(13)11(12(14)18)17(15-9)7-8-5-4-6-16(8)2/h8H,3-7,13H2,1-2H3,(H2,14,18)/t8-/m0/s1. The average Bonchev–Trinajstić information content (AvgIpc) is 2.84. The number of anilines is 1. The lowest BCUT2D eigenvalue weighted by Crippen LogP contribution is -2.31. The molecule has 1 aromatic heterocycles. The van der Waals surface area contributed by atoms with Gasteiger partial charge in [-0.05, 0) is 32.9 Å². The summed E-state index contributed by atoms with van der Waals surface area (Å²) in [6.45, 7) is 3.74. The van der Waals surface area contributed by atoms with Crippen LogP contribution in [0.3, 0.4) is 0 Å². The van der Waals surface area contributed by atoms with E-state index in [1.165, 1.54) is 6.42 Å². The van der Waals surface area contributed by atoms with E-state index in [9.17, 15) is 4.79 Å². The predicted octanol–water partition coefficient (Wildman–Crippen LogP) is 0.221. The Kier molecular flexibility index (Phi) is 3.56. The largest absolute Gasteiger partial charge is 0.395 e. The number of nitrogen functional groups attached to an aromatic ring is 1. The van der Waals surface area contributed by atoms with E-state index in [1.807, 2.05) is 6.92 Å². The molecule has 18 heavy (non-hydrogen) atoms. The second kappa shape index (κ2) is 4.97. The van der Waals surface area contributed by atoms with Gasteiger partial charge in [0.15, 0.2) is 0 Å². The van der Waals surface area contributed by atoms with Gasteiger partial charge in [-0.1, -0.05) is 6.92 Å². The van der Waals surface area contributed by atoms with Crippen LogP contribution in [0, 0.1) is 0 Å². The normalized spacial score (nSPS) is 20.4. The fourth-order valence-electron chi connectivity index (χ4n) is 2.59. The Morgan fingerprint density at radius 1 is 1.56 bits per heavy atom. The Hall–Kier alpha value is -1.56. The van der Waals surface area contributed by atoms with Crippen LogP contribution in [0.2, 0.25) is 0 Å². The molecule has 6 heteroatoms. The van der Waals surface area contributed by atoms with Crippen molar-refractivity contribution in [2.75, 3.05) is 19.3 Å². The minimum Gasteiger partial charge on any atom is -0.395 e. The lowest BCUT2D eigenvalue weighted by molar-refractivity contribution is 0.0988. The minimum absolute atomic E-state index is 0.354. The van der Waals surface area contributed by atoms with Crippen LogP contribution in [0.25, 0.3) is 0 Å². The van der Waals surface area contributed by atoms with E-state index < -0.39 is 5.91 Å². The SMILES string of the molecule is CCc1nn(C[C@@H]2CCCN2C)c(C(N)=O)c1N. The van der Waals surface area contributed by atoms with Crippen LogP contribution in [0.5, 0.6) is 0 Å². The van der Waals surface area contributed by atoms with Gasteiger partial charge in [-0.3, -0.25) is 9.48 Å². The molecule has 100 valence electrons. The molecule has 1 aliphatic rings. The molecule has 0 aliphatic carbocycles. The fraction of sp³-hybridized carbons (Fsp3) is 0.667. The second-order valence-corrected chi connectivity index (χ2v) is 4.89. The van der Waals surface area contributed by atoms with E-state index >= 15 is 0 Å². The first-order valence-electron chi connectivity index (χ1n) is 6.39. The summed E-state index contributed by atoms with van der Waals surface area (Å²) in [5.41, 5.74) is 12.9. The molecule has 1 aliphatic heterocycles.